The van der Waals surface area contributed by atoms with Crippen LogP contribution in [0.3, 0.4) is 0 Å². The molecule has 0 atom stereocenters. The van der Waals surface area contributed by atoms with E-state index in [1.54, 1.807) is 14.2 Å². The van der Waals surface area contributed by atoms with E-state index in [0.717, 1.165) is 25.7 Å². The minimum Gasteiger partial charge on any atom is -0.493 e. The number of hydrogen-bond acceptors (Lipinski definition) is 6. The maximum Gasteiger partial charge on any atom is 0.339 e. The lowest BCUT2D eigenvalue weighted by Gasteiger charge is -2.14. The van der Waals surface area contributed by atoms with Crippen molar-refractivity contribution in [2.45, 2.75) is 25.7 Å². The fourth-order valence-corrected chi connectivity index (χ4v) is 2.14. The van der Waals surface area contributed by atoms with Gasteiger partial charge < -0.3 is 24.1 Å². The van der Waals surface area contributed by atoms with E-state index in [1.165, 1.54) is 12.1 Å². The topological polar surface area (TPSA) is 91.3 Å². The quantitative estimate of drug-likeness (QED) is 0.406. The molecule has 0 aromatic heterocycles. The van der Waals surface area contributed by atoms with Crippen molar-refractivity contribution in [3.05, 3.63) is 23.3 Å². The largest absolute Gasteiger partial charge is 0.493 e. The summed E-state index contributed by atoms with van der Waals surface area (Å²) in [7, 11) is 3.24. The lowest BCUT2D eigenvalue weighted by atomic mass is 10.1. The molecular weight excluding hydrogens is 328 g/mol. The lowest BCUT2D eigenvalue weighted by Crippen LogP contribution is -2.08. The number of carboxylic acid groups (broad SMARTS) is 1. The molecule has 7 nitrogen and oxygen atoms in total. The molecule has 0 unspecified atom stereocenters. The molecule has 0 radical (unpaired) electrons. The predicted molar refractivity (Wildman–Crippen MR) is 92.0 cm³/mol. The number of carbonyl (C=O) groups is 2. The minimum absolute atomic E-state index is 0.0239. The molecule has 1 N–H and O–H groups in total. The number of carboxylic acids is 1. The molecule has 0 saturated heterocycles. The molecule has 1 aromatic rings. The Morgan fingerprint density at radius 2 is 1.44 bits per heavy atom. The highest BCUT2D eigenvalue weighted by Crippen LogP contribution is 2.28. The number of hydrogen-bond donors (Lipinski definition) is 1. The summed E-state index contributed by atoms with van der Waals surface area (Å²) in [4.78, 5) is 22.8. The van der Waals surface area contributed by atoms with Gasteiger partial charge in [0.05, 0.1) is 18.8 Å². The van der Waals surface area contributed by atoms with Crippen LogP contribution in [0.15, 0.2) is 12.1 Å². The van der Waals surface area contributed by atoms with Gasteiger partial charge in [-0.2, -0.15) is 0 Å². The zero-order valence-electron chi connectivity index (χ0n) is 14.8. The van der Waals surface area contributed by atoms with Crippen LogP contribution < -0.4 is 9.47 Å². The van der Waals surface area contributed by atoms with Gasteiger partial charge in [0.25, 0.3) is 0 Å². The third-order valence-corrected chi connectivity index (χ3v) is 3.47. The summed E-state index contributed by atoms with van der Waals surface area (Å²) >= 11 is 0. The molecule has 0 fully saturated rings. The Labute approximate surface area is 147 Å². The van der Waals surface area contributed by atoms with E-state index in [4.69, 9.17) is 18.9 Å². The van der Waals surface area contributed by atoms with Gasteiger partial charge in [-0.3, -0.25) is 4.79 Å². The molecule has 25 heavy (non-hydrogen) atoms. The van der Waals surface area contributed by atoms with Crippen molar-refractivity contribution in [3.8, 4) is 11.5 Å². The summed E-state index contributed by atoms with van der Waals surface area (Å²) in [5.74, 6) is -0.719. The first-order valence-corrected chi connectivity index (χ1v) is 8.24. The second kappa shape index (κ2) is 12.3. The monoisotopic (exact) mass is 354 g/mol. The fraction of sp³-hybridized carbons (Fsp3) is 0.556. The number of ether oxygens (including phenoxy) is 4. The fourth-order valence-electron chi connectivity index (χ4n) is 2.14. The number of unbranched alkanes of at least 4 members (excludes halogenated alkanes) is 2. The van der Waals surface area contributed by atoms with E-state index in [1.807, 2.05) is 0 Å². The van der Waals surface area contributed by atoms with Crippen LogP contribution in [-0.2, 0) is 9.47 Å². The van der Waals surface area contributed by atoms with E-state index in [9.17, 15) is 14.7 Å². The molecule has 0 saturated carbocycles. The van der Waals surface area contributed by atoms with Gasteiger partial charge in [-0.05, 0) is 37.8 Å². The molecular formula is C18H26O7. The maximum atomic E-state index is 11.5. The van der Waals surface area contributed by atoms with Gasteiger partial charge in [-0.15, -0.1) is 0 Å². The van der Waals surface area contributed by atoms with Crippen molar-refractivity contribution in [3.63, 3.8) is 0 Å². The number of benzene rings is 1. The number of methoxy groups -OCH3 is 2. The highest BCUT2D eigenvalue weighted by Gasteiger charge is 2.17. The van der Waals surface area contributed by atoms with Crippen LogP contribution in [0.5, 0.6) is 11.5 Å². The Hall–Kier alpha value is -2.12. The highest BCUT2D eigenvalue weighted by molar-refractivity contribution is 5.94. The Balaban J connectivity index is 2.77. The van der Waals surface area contributed by atoms with Crippen molar-refractivity contribution in [2.24, 2.45) is 0 Å². The highest BCUT2D eigenvalue weighted by atomic mass is 16.5. The SMILES string of the molecule is COCCCCOc1cc(C(=O)O)c(OCCCCOC)cc1C=O. The molecule has 0 spiro atoms. The van der Waals surface area contributed by atoms with E-state index in [2.05, 4.69) is 0 Å². The molecule has 0 bridgehead atoms. The third kappa shape index (κ3) is 7.53. The molecule has 0 heterocycles. The summed E-state index contributed by atoms with van der Waals surface area (Å²) in [6.07, 6.45) is 3.73. The lowest BCUT2D eigenvalue weighted by molar-refractivity contribution is 0.0690. The standard InChI is InChI=1S/C18H26O7/c1-22-7-3-5-9-24-16-12-15(18(20)21)17(11-14(16)13-19)25-10-6-4-8-23-2/h11-13H,3-10H2,1-2H3,(H,20,21). The molecule has 0 aliphatic carbocycles. The molecule has 0 aliphatic rings. The van der Waals surface area contributed by atoms with Crippen molar-refractivity contribution < 1.29 is 33.6 Å². The van der Waals surface area contributed by atoms with Crippen LogP contribution in [0.25, 0.3) is 0 Å². The number of carbonyl (C=O) groups excluding carboxylic acids is 1. The Kier molecular flexibility index (Phi) is 10.3. The van der Waals surface area contributed by atoms with Gasteiger partial charge in [-0.25, -0.2) is 4.79 Å². The van der Waals surface area contributed by atoms with Crippen LogP contribution in [0.2, 0.25) is 0 Å². The number of aromatic carboxylic acids is 1. The van der Waals surface area contributed by atoms with E-state index < -0.39 is 5.97 Å². The van der Waals surface area contributed by atoms with Crippen LogP contribution in [0.4, 0.5) is 0 Å². The smallest absolute Gasteiger partial charge is 0.339 e. The first-order chi connectivity index (χ1) is 12.1. The van der Waals surface area contributed by atoms with Gasteiger partial charge in [0.2, 0.25) is 0 Å². The Morgan fingerprint density at radius 1 is 0.920 bits per heavy atom. The molecule has 0 amide bonds. The molecule has 1 aromatic carbocycles. The van der Waals surface area contributed by atoms with E-state index >= 15 is 0 Å². The van der Waals surface area contributed by atoms with Crippen LogP contribution >= 0.6 is 0 Å². The average Bonchev–Trinajstić information content (AvgIpc) is 2.61. The summed E-state index contributed by atoms with van der Waals surface area (Å²) in [6, 6.07) is 2.75. The summed E-state index contributed by atoms with van der Waals surface area (Å²) in [6.45, 7) is 1.96. The van der Waals surface area contributed by atoms with Gasteiger partial charge in [-0.1, -0.05) is 0 Å². The van der Waals surface area contributed by atoms with Crippen LogP contribution in [0, 0.1) is 0 Å². The predicted octanol–water partition coefficient (Wildman–Crippen LogP) is 2.81. The first kappa shape index (κ1) is 20.9. The maximum absolute atomic E-state index is 11.5. The summed E-state index contributed by atoms with van der Waals surface area (Å²) < 4.78 is 21.0. The zero-order chi connectivity index (χ0) is 18.5. The van der Waals surface area contributed by atoms with Gasteiger partial charge in [0.15, 0.2) is 6.29 Å². The zero-order valence-corrected chi connectivity index (χ0v) is 14.8. The van der Waals surface area contributed by atoms with E-state index in [0.29, 0.717) is 32.7 Å². The number of aldehydes is 1. The van der Waals surface area contributed by atoms with Crippen molar-refractivity contribution >= 4 is 12.3 Å². The van der Waals surface area contributed by atoms with Gasteiger partial charge in [0, 0.05) is 27.4 Å². The summed E-state index contributed by atoms with van der Waals surface area (Å²) in [5.41, 5.74) is 0.243. The minimum atomic E-state index is -1.13. The van der Waals surface area contributed by atoms with Crippen molar-refractivity contribution in [1.82, 2.24) is 0 Å². The first-order valence-electron chi connectivity index (χ1n) is 8.24. The molecule has 0 aliphatic heterocycles. The number of rotatable bonds is 14. The molecule has 1 rings (SSSR count). The molecule has 7 heteroatoms. The van der Waals surface area contributed by atoms with Crippen molar-refractivity contribution in [2.75, 3.05) is 40.6 Å². The van der Waals surface area contributed by atoms with Gasteiger partial charge in [0.1, 0.15) is 17.1 Å². The van der Waals surface area contributed by atoms with Crippen molar-refractivity contribution in [1.29, 1.82) is 0 Å². The van der Waals surface area contributed by atoms with Crippen LogP contribution in [0.1, 0.15) is 46.4 Å². The van der Waals surface area contributed by atoms with E-state index in [-0.39, 0.29) is 22.6 Å². The summed E-state index contributed by atoms with van der Waals surface area (Å²) in [5, 5.41) is 9.38. The third-order valence-electron chi connectivity index (χ3n) is 3.47. The Bertz CT molecular complexity index is 542. The second-order valence-corrected chi connectivity index (χ2v) is 5.41. The average molecular weight is 354 g/mol. The normalized spacial score (nSPS) is 10.5. The van der Waals surface area contributed by atoms with Gasteiger partial charge >= 0.3 is 5.97 Å². The Morgan fingerprint density at radius 3 is 1.92 bits per heavy atom. The molecule has 140 valence electrons. The second-order valence-electron chi connectivity index (χ2n) is 5.41. The van der Waals surface area contributed by atoms with Crippen LogP contribution in [-0.4, -0.2) is 58.0 Å².